The molecule has 5 fully saturated rings. The summed E-state index contributed by atoms with van der Waals surface area (Å²) < 4.78 is 5.01. The molecule has 2 amide bonds. The van der Waals surface area contributed by atoms with Crippen LogP contribution in [0.25, 0.3) is 0 Å². The quantitative estimate of drug-likeness (QED) is 0.905. The first-order valence-electron chi connectivity index (χ1n) is 10.3. The van der Waals surface area contributed by atoms with Crippen LogP contribution in [0.4, 0.5) is 0 Å². The van der Waals surface area contributed by atoms with Gasteiger partial charge in [-0.05, 0) is 74.7 Å². The van der Waals surface area contributed by atoms with E-state index in [1.54, 1.807) is 6.07 Å². The minimum Gasteiger partial charge on any atom is -0.472 e. The molecule has 1 aromatic rings. The number of piperidine rings is 1. The Labute approximate surface area is 154 Å². The highest BCUT2D eigenvalue weighted by molar-refractivity contribution is 5.93. The highest BCUT2D eigenvalue weighted by atomic mass is 16.3. The van der Waals surface area contributed by atoms with E-state index < -0.39 is 0 Å². The second-order valence-electron chi connectivity index (χ2n) is 9.04. The summed E-state index contributed by atoms with van der Waals surface area (Å²) in [6.45, 7) is 1.41. The molecule has 1 aliphatic heterocycles. The van der Waals surface area contributed by atoms with Gasteiger partial charge in [-0.2, -0.15) is 0 Å². The minimum absolute atomic E-state index is 0.0320. The van der Waals surface area contributed by atoms with Crippen LogP contribution in [0.1, 0.15) is 55.3 Å². The first kappa shape index (κ1) is 16.4. The van der Waals surface area contributed by atoms with Gasteiger partial charge in [0.05, 0.1) is 11.8 Å². The third-order valence-corrected chi connectivity index (χ3v) is 7.43. The molecule has 0 unspecified atom stereocenters. The molecule has 0 spiro atoms. The molecule has 1 aromatic heterocycles. The summed E-state index contributed by atoms with van der Waals surface area (Å²) in [4.78, 5) is 27.3. The van der Waals surface area contributed by atoms with Crippen LogP contribution in [0.2, 0.25) is 0 Å². The van der Waals surface area contributed by atoms with Gasteiger partial charge >= 0.3 is 0 Å². The van der Waals surface area contributed by atoms with Crippen molar-refractivity contribution >= 4 is 11.8 Å². The number of carbonyl (C=O) groups is 2. The normalized spacial score (nSPS) is 36.3. The maximum atomic E-state index is 13.0. The van der Waals surface area contributed by atoms with Crippen LogP contribution in [0, 0.1) is 29.6 Å². The largest absolute Gasteiger partial charge is 0.472 e. The molecule has 0 atom stereocenters. The average Bonchev–Trinajstić information content (AvgIpc) is 3.15. The average molecular weight is 356 g/mol. The van der Waals surface area contributed by atoms with Crippen molar-refractivity contribution in [2.75, 3.05) is 13.1 Å². The van der Waals surface area contributed by atoms with E-state index in [-0.39, 0.29) is 17.9 Å². The molecule has 26 heavy (non-hydrogen) atoms. The molecule has 2 heterocycles. The number of likely N-dealkylation sites (tertiary alicyclic amines) is 1. The lowest BCUT2D eigenvalue weighted by Gasteiger charge is -2.53. The molecule has 1 N–H and O–H groups in total. The summed E-state index contributed by atoms with van der Waals surface area (Å²) in [5, 5.41) is 3.35. The summed E-state index contributed by atoms with van der Waals surface area (Å²) in [7, 11) is 0. The van der Waals surface area contributed by atoms with Gasteiger partial charge in [0.15, 0.2) is 0 Å². The van der Waals surface area contributed by atoms with Gasteiger partial charge in [0.1, 0.15) is 6.26 Å². The standard InChI is InChI=1S/C21H28N2O3/c24-20(19-16-8-13-7-14(10-16)11-17(19)9-13)22-18-1-4-23(5-2-18)21(25)15-3-6-26-12-15/h3,6,12-14,16-19H,1-2,4-5,7-11H2,(H,22,24). The summed E-state index contributed by atoms with van der Waals surface area (Å²) in [6.07, 6.45) is 11.3. The molecular formula is C21H28N2O3. The molecule has 0 radical (unpaired) electrons. The zero-order valence-corrected chi connectivity index (χ0v) is 15.2. The summed E-state index contributed by atoms with van der Waals surface area (Å²) >= 11 is 0. The number of hydrogen-bond donors (Lipinski definition) is 1. The van der Waals surface area contributed by atoms with Crippen molar-refractivity contribution in [2.24, 2.45) is 29.6 Å². The number of carbonyl (C=O) groups excluding carboxylic acids is 2. The van der Waals surface area contributed by atoms with E-state index in [0.717, 1.165) is 24.7 Å². The summed E-state index contributed by atoms with van der Waals surface area (Å²) in [6, 6.07) is 1.93. The van der Waals surface area contributed by atoms with Gasteiger partial charge in [-0.3, -0.25) is 9.59 Å². The fourth-order valence-corrected chi connectivity index (χ4v) is 6.45. The fourth-order valence-electron chi connectivity index (χ4n) is 6.45. The molecule has 0 aromatic carbocycles. The van der Waals surface area contributed by atoms with E-state index in [4.69, 9.17) is 4.42 Å². The molecule has 5 heteroatoms. The third-order valence-electron chi connectivity index (χ3n) is 7.43. The van der Waals surface area contributed by atoms with Crippen molar-refractivity contribution in [3.8, 4) is 0 Å². The highest BCUT2D eigenvalue weighted by Gasteiger charge is 2.50. The van der Waals surface area contributed by atoms with Crippen molar-refractivity contribution in [3.63, 3.8) is 0 Å². The Bertz CT molecular complexity index is 647. The summed E-state index contributed by atoms with van der Waals surface area (Å²) in [5.74, 6) is 3.66. The number of amides is 2. The predicted octanol–water partition coefficient (Wildman–Crippen LogP) is 3.07. The van der Waals surface area contributed by atoms with Crippen LogP contribution in [0.5, 0.6) is 0 Å². The van der Waals surface area contributed by atoms with E-state index in [1.807, 2.05) is 4.90 Å². The molecular weight excluding hydrogens is 328 g/mol. The second kappa shape index (κ2) is 6.43. The van der Waals surface area contributed by atoms with Crippen LogP contribution in [0.3, 0.4) is 0 Å². The van der Waals surface area contributed by atoms with E-state index >= 15 is 0 Å². The van der Waals surface area contributed by atoms with Gasteiger partial charge in [-0.1, -0.05) is 0 Å². The highest BCUT2D eigenvalue weighted by Crippen LogP contribution is 2.56. The maximum absolute atomic E-state index is 13.0. The monoisotopic (exact) mass is 356 g/mol. The van der Waals surface area contributed by atoms with Crippen LogP contribution in [0.15, 0.2) is 23.0 Å². The number of rotatable bonds is 3. The lowest BCUT2D eigenvalue weighted by Crippen LogP contribution is -2.54. The van der Waals surface area contributed by atoms with Gasteiger partial charge in [-0.15, -0.1) is 0 Å². The number of nitrogens with zero attached hydrogens (tertiary/aromatic N) is 1. The lowest BCUT2D eigenvalue weighted by molar-refractivity contribution is -0.139. The Balaban J connectivity index is 1.16. The molecule has 6 rings (SSSR count). The van der Waals surface area contributed by atoms with Crippen molar-refractivity contribution in [2.45, 2.75) is 51.0 Å². The summed E-state index contributed by atoms with van der Waals surface area (Å²) in [5.41, 5.74) is 0.612. The van der Waals surface area contributed by atoms with Gasteiger partial charge in [0, 0.05) is 25.0 Å². The number of nitrogens with one attached hydrogen (secondary N) is 1. The Morgan fingerprint density at radius 2 is 1.65 bits per heavy atom. The Morgan fingerprint density at radius 1 is 1.00 bits per heavy atom. The predicted molar refractivity (Wildman–Crippen MR) is 96.3 cm³/mol. The molecule has 140 valence electrons. The molecule has 5 nitrogen and oxygen atoms in total. The molecule has 5 aliphatic rings. The van der Waals surface area contributed by atoms with Crippen LogP contribution < -0.4 is 5.32 Å². The first-order valence-corrected chi connectivity index (χ1v) is 10.3. The molecule has 1 saturated heterocycles. The first-order chi connectivity index (χ1) is 12.7. The van der Waals surface area contributed by atoms with Crippen molar-refractivity contribution in [1.29, 1.82) is 0 Å². The van der Waals surface area contributed by atoms with Gasteiger partial charge in [0.2, 0.25) is 5.91 Å². The van der Waals surface area contributed by atoms with Crippen molar-refractivity contribution in [3.05, 3.63) is 24.2 Å². The van der Waals surface area contributed by atoms with Crippen molar-refractivity contribution in [1.82, 2.24) is 10.2 Å². The minimum atomic E-state index is 0.0320. The molecule has 4 aliphatic carbocycles. The zero-order chi connectivity index (χ0) is 17.7. The Kier molecular flexibility index (Phi) is 4.06. The van der Waals surface area contributed by atoms with Crippen LogP contribution >= 0.6 is 0 Å². The SMILES string of the molecule is O=C(NC1CCN(C(=O)c2ccoc2)CC1)C1C2CC3CC(C2)CC1C3. The zero-order valence-electron chi connectivity index (χ0n) is 15.2. The van der Waals surface area contributed by atoms with Gasteiger partial charge < -0.3 is 14.6 Å². The van der Waals surface area contributed by atoms with E-state index in [2.05, 4.69) is 5.32 Å². The van der Waals surface area contributed by atoms with E-state index in [0.29, 0.717) is 36.4 Å². The molecule has 4 bridgehead atoms. The Morgan fingerprint density at radius 3 is 2.23 bits per heavy atom. The van der Waals surface area contributed by atoms with Crippen LogP contribution in [-0.2, 0) is 4.79 Å². The number of hydrogen-bond acceptors (Lipinski definition) is 3. The smallest absolute Gasteiger partial charge is 0.257 e. The second-order valence-corrected chi connectivity index (χ2v) is 9.04. The van der Waals surface area contributed by atoms with Gasteiger partial charge in [0.25, 0.3) is 5.91 Å². The third kappa shape index (κ3) is 2.85. The Hall–Kier alpha value is -1.78. The molecule has 4 saturated carbocycles. The lowest BCUT2D eigenvalue weighted by atomic mass is 9.51. The topological polar surface area (TPSA) is 62.6 Å². The van der Waals surface area contributed by atoms with Crippen molar-refractivity contribution < 1.29 is 14.0 Å². The van der Waals surface area contributed by atoms with Gasteiger partial charge in [-0.25, -0.2) is 0 Å². The fraction of sp³-hybridized carbons (Fsp3) is 0.714. The number of furan rings is 1. The van der Waals surface area contributed by atoms with E-state index in [1.165, 1.54) is 44.6 Å². The van der Waals surface area contributed by atoms with E-state index in [9.17, 15) is 9.59 Å². The maximum Gasteiger partial charge on any atom is 0.257 e. The van der Waals surface area contributed by atoms with Crippen LogP contribution in [-0.4, -0.2) is 35.8 Å².